The highest BCUT2D eigenvalue weighted by Gasteiger charge is 2.45. The molecule has 1 aliphatic rings. The van der Waals surface area contributed by atoms with Gasteiger partial charge in [-0.1, -0.05) is 23.2 Å². The van der Waals surface area contributed by atoms with E-state index < -0.39 is 12.0 Å². The first-order chi connectivity index (χ1) is 11.0. The van der Waals surface area contributed by atoms with Crippen LogP contribution in [0.5, 0.6) is 0 Å². The molecule has 0 heterocycles. The minimum atomic E-state index is -0.593. The second kappa shape index (κ2) is 8.27. The third-order valence-corrected chi connectivity index (χ3v) is 4.93. The summed E-state index contributed by atoms with van der Waals surface area (Å²) < 4.78 is 4.76. The van der Waals surface area contributed by atoms with Crippen molar-refractivity contribution in [3.63, 3.8) is 0 Å². The first-order valence-electron chi connectivity index (χ1n) is 7.29. The van der Waals surface area contributed by atoms with Gasteiger partial charge in [0.25, 0.3) is 0 Å². The van der Waals surface area contributed by atoms with E-state index in [1.54, 1.807) is 17.8 Å². The number of amides is 1. The van der Waals surface area contributed by atoms with Crippen molar-refractivity contribution in [2.45, 2.75) is 24.8 Å². The van der Waals surface area contributed by atoms with Crippen LogP contribution in [0.3, 0.4) is 0 Å². The third kappa shape index (κ3) is 5.03. The van der Waals surface area contributed by atoms with Crippen molar-refractivity contribution in [2.75, 3.05) is 19.1 Å². The summed E-state index contributed by atoms with van der Waals surface area (Å²) in [6.07, 6.45) is 3.24. The zero-order valence-corrected chi connectivity index (χ0v) is 15.3. The quantitative estimate of drug-likeness (QED) is 0.740. The van der Waals surface area contributed by atoms with Gasteiger partial charge in [-0.2, -0.15) is 11.8 Å². The summed E-state index contributed by atoms with van der Waals surface area (Å²) in [4.78, 5) is 24.1. The highest BCUT2D eigenvalue weighted by Crippen LogP contribution is 2.48. The molecule has 7 heteroatoms. The zero-order valence-electron chi connectivity index (χ0n) is 13.0. The van der Waals surface area contributed by atoms with Gasteiger partial charge in [0, 0.05) is 16.0 Å². The Hall–Kier alpha value is -0.910. The van der Waals surface area contributed by atoms with Gasteiger partial charge in [-0.25, -0.2) is 4.79 Å². The van der Waals surface area contributed by atoms with Gasteiger partial charge in [-0.15, -0.1) is 0 Å². The number of nitrogens with one attached hydrogen (secondary N) is 1. The highest BCUT2D eigenvalue weighted by atomic mass is 35.5. The van der Waals surface area contributed by atoms with E-state index in [2.05, 4.69) is 5.32 Å². The van der Waals surface area contributed by atoms with Crippen LogP contribution in [0, 0.1) is 5.92 Å². The summed E-state index contributed by atoms with van der Waals surface area (Å²) in [7, 11) is 1.33. The standard InChI is InChI=1S/C16H19Cl2NO3S/c1-22-16(21)14(3-4-23-2)19-15(20)13-8-12(13)9-5-10(17)7-11(18)6-9/h5-7,12-14H,3-4,8H2,1-2H3,(H,19,20)/t12-,13-,14-/m1/s1. The molecule has 4 nitrogen and oxygen atoms in total. The van der Waals surface area contributed by atoms with Crippen LogP contribution in [-0.4, -0.2) is 37.0 Å². The number of thioether (sulfide) groups is 1. The molecule has 2 rings (SSSR count). The molecule has 0 aliphatic heterocycles. The van der Waals surface area contributed by atoms with E-state index in [1.807, 2.05) is 18.4 Å². The van der Waals surface area contributed by atoms with Crippen molar-refractivity contribution in [1.82, 2.24) is 5.32 Å². The molecule has 0 unspecified atom stereocenters. The lowest BCUT2D eigenvalue weighted by Crippen LogP contribution is -2.42. The Balaban J connectivity index is 1.97. The van der Waals surface area contributed by atoms with Crippen LogP contribution in [0.1, 0.15) is 24.3 Å². The van der Waals surface area contributed by atoms with E-state index in [0.717, 1.165) is 17.7 Å². The van der Waals surface area contributed by atoms with Gasteiger partial charge in [0.05, 0.1) is 7.11 Å². The minimum Gasteiger partial charge on any atom is -0.467 e. The number of rotatable bonds is 7. The minimum absolute atomic E-state index is 0.102. The van der Waals surface area contributed by atoms with Crippen LogP contribution in [-0.2, 0) is 14.3 Å². The normalized spacial score (nSPS) is 20.7. The number of carbonyl (C=O) groups excluding carboxylic acids is 2. The van der Waals surface area contributed by atoms with Crippen LogP contribution in [0.4, 0.5) is 0 Å². The Morgan fingerprint density at radius 1 is 1.35 bits per heavy atom. The molecule has 1 fully saturated rings. The molecule has 1 aliphatic carbocycles. The maximum Gasteiger partial charge on any atom is 0.328 e. The molecule has 0 spiro atoms. The van der Waals surface area contributed by atoms with Gasteiger partial charge in [0.2, 0.25) is 5.91 Å². The molecule has 0 saturated heterocycles. The van der Waals surface area contributed by atoms with Crippen molar-refractivity contribution < 1.29 is 14.3 Å². The van der Waals surface area contributed by atoms with Crippen molar-refractivity contribution >= 4 is 46.8 Å². The van der Waals surface area contributed by atoms with E-state index in [-0.39, 0.29) is 17.7 Å². The van der Waals surface area contributed by atoms with Crippen molar-refractivity contribution in [2.24, 2.45) is 5.92 Å². The number of esters is 1. The average molecular weight is 376 g/mol. The van der Waals surface area contributed by atoms with Crippen LogP contribution in [0.25, 0.3) is 0 Å². The van der Waals surface area contributed by atoms with Crippen molar-refractivity contribution in [3.05, 3.63) is 33.8 Å². The van der Waals surface area contributed by atoms with Gasteiger partial charge in [-0.05, 0) is 54.5 Å². The Bertz CT molecular complexity index is 576. The Kier molecular flexibility index (Phi) is 6.62. The van der Waals surface area contributed by atoms with E-state index in [4.69, 9.17) is 27.9 Å². The molecule has 1 aromatic carbocycles. The Labute approximate surface area is 150 Å². The largest absolute Gasteiger partial charge is 0.467 e. The van der Waals surface area contributed by atoms with E-state index in [9.17, 15) is 9.59 Å². The maximum absolute atomic E-state index is 12.4. The fourth-order valence-electron chi connectivity index (χ4n) is 2.55. The zero-order chi connectivity index (χ0) is 17.0. The van der Waals surface area contributed by atoms with Crippen molar-refractivity contribution in [3.8, 4) is 0 Å². The second-order valence-corrected chi connectivity index (χ2v) is 7.38. The molecule has 0 radical (unpaired) electrons. The average Bonchev–Trinajstić information content (AvgIpc) is 3.30. The van der Waals surface area contributed by atoms with E-state index >= 15 is 0 Å². The summed E-state index contributed by atoms with van der Waals surface area (Å²) in [5, 5.41) is 3.92. The lowest BCUT2D eigenvalue weighted by atomic mass is 10.1. The number of hydrogen-bond donors (Lipinski definition) is 1. The topological polar surface area (TPSA) is 55.4 Å². The second-order valence-electron chi connectivity index (χ2n) is 5.52. The molecule has 3 atom stereocenters. The fraction of sp³-hybridized carbons (Fsp3) is 0.500. The molecule has 23 heavy (non-hydrogen) atoms. The maximum atomic E-state index is 12.4. The summed E-state index contributed by atoms with van der Waals surface area (Å²) in [6.45, 7) is 0. The summed E-state index contributed by atoms with van der Waals surface area (Å²) in [6, 6.07) is 4.73. The summed E-state index contributed by atoms with van der Waals surface area (Å²) in [5.74, 6) is 0.201. The smallest absolute Gasteiger partial charge is 0.328 e. The van der Waals surface area contributed by atoms with Crippen LogP contribution >= 0.6 is 35.0 Å². The van der Waals surface area contributed by atoms with Crippen molar-refractivity contribution in [1.29, 1.82) is 0 Å². The first kappa shape index (κ1) is 18.4. The molecular weight excluding hydrogens is 357 g/mol. The number of halogens is 2. The lowest BCUT2D eigenvalue weighted by molar-refractivity contribution is -0.145. The van der Waals surface area contributed by atoms with Gasteiger partial charge >= 0.3 is 5.97 Å². The van der Waals surface area contributed by atoms with E-state index in [0.29, 0.717) is 16.5 Å². The van der Waals surface area contributed by atoms with Gasteiger partial charge in [0.1, 0.15) is 6.04 Å². The summed E-state index contributed by atoms with van der Waals surface area (Å²) in [5.41, 5.74) is 0.960. The molecule has 0 aromatic heterocycles. The monoisotopic (exact) mass is 375 g/mol. The molecule has 1 amide bonds. The molecule has 1 N–H and O–H groups in total. The molecule has 0 bridgehead atoms. The number of benzene rings is 1. The predicted molar refractivity (Wildman–Crippen MR) is 94.3 cm³/mol. The fourth-order valence-corrected chi connectivity index (χ4v) is 3.56. The van der Waals surface area contributed by atoms with Gasteiger partial charge in [0.15, 0.2) is 0 Å². The number of hydrogen-bond acceptors (Lipinski definition) is 4. The molecule has 126 valence electrons. The molecule has 1 saturated carbocycles. The molecular formula is C16H19Cl2NO3S. The number of ether oxygens (including phenoxy) is 1. The van der Waals surface area contributed by atoms with Gasteiger partial charge in [-0.3, -0.25) is 4.79 Å². The SMILES string of the molecule is COC(=O)[C@@H](CCSC)NC(=O)[C@@H]1C[C@@H]1c1cc(Cl)cc(Cl)c1. The molecule has 1 aromatic rings. The Morgan fingerprint density at radius 2 is 2.00 bits per heavy atom. The van der Waals surface area contributed by atoms with E-state index in [1.165, 1.54) is 7.11 Å². The highest BCUT2D eigenvalue weighted by molar-refractivity contribution is 7.98. The van der Waals surface area contributed by atoms with Crippen LogP contribution < -0.4 is 5.32 Å². The predicted octanol–water partition coefficient (Wildman–Crippen LogP) is 3.51. The first-order valence-corrected chi connectivity index (χ1v) is 9.44. The Morgan fingerprint density at radius 3 is 2.57 bits per heavy atom. The lowest BCUT2D eigenvalue weighted by Gasteiger charge is -2.16. The summed E-state index contributed by atoms with van der Waals surface area (Å²) >= 11 is 13.6. The van der Waals surface area contributed by atoms with Gasteiger partial charge < -0.3 is 10.1 Å². The van der Waals surface area contributed by atoms with Crippen LogP contribution in [0.2, 0.25) is 10.0 Å². The number of carbonyl (C=O) groups is 2. The van der Waals surface area contributed by atoms with Crippen LogP contribution in [0.15, 0.2) is 18.2 Å². The number of methoxy groups -OCH3 is 1. The third-order valence-electron chi connectivity index (χ3n) is 3.85.